The fraction of sp³-hybridized carbons (Fsp3) is 0.444. The van der Waals surface area contributed by atoms with Crippen LogP contribution in [0.1, 0.15) is 69.2 Å². The summed E-state index contributed by atoms with van der Waals surface area (Å²) in [7, 11) is 1.57. The summed E-state index contributed by atoms with van der Waals surface area (Å²) < 4.78 is 16.2. The number of unbranched alkanes of at least 4 members (excludes halogenated alkanes) is 3. The summed E-state index contributed by atoms with van der Waals surface area (Å²) in [6.45, 7) is 4.20. The Morgan fingerprint density at radius 1 is 0.727 bits per heavy atom. The Kier molecular flexibility index (Phi) is 11.1. The van der Waals surface area contributed by atoms with Gasteiger partial charge in [0, 0.05) is 12.8 Å². The molecule has 0 spiro atoms. The molecule has 0 N–H and O–H groups in total. The fourth-order valence-electron chi connectivity index (χ4n) is 3.49. The van der Waals surface area contributed by atoms with Gasteiger partial charge in [-0.25, -0.2) is 4.79 Å². The highest BCUT2D eigenvalue weighted by Gasteiger charge is 2.22. The summed E-state index contributed by atoms with van der Waals surface area (Å²) >= 11 is 0. The third-order valence-electron chi connectivity index (χ3n) is 5.49. The number of hydrogen-bond acceptors (Lipinski definition) is 6. The van der Waals surface area contributed by atoms with Crippen molar-refractivity contribution in [1.29, 1.82) is 0 Å². The van der Waals surface area contributed by atoms with E-state index in [-0.39, 0.29) is 11.6 Å². The summed E-state index contributed by atoms with van der Waals surface area (Å²) in [5.74, 6) is 1.09. The Hall–Kier alpha value is -3.15. The first-order valence-electron chi connectivity index (χ1n) is 11.6. The number of hydrogen-bond donors (Lipinski definition) is 0. The van der Waals surface area contributed by atoms with Gasteiger partial charge in [-0.3, -0.25) is 9.59 Å². The summed E-state index contributed by atoms with van der Waals surface area (Å²) in [6, 6.07) is 13.7. The number of esters is 1. The minimum Gasteiger partial charge on any atom is -0.497 e. The predicted octanol–water partition coefficient (Wildman–Crippen LogP) is 5.82. The maximum absolute atomic E-state index is 12.2. The first-order chi connectivity index (χ1) is 16.0. The van der Waals surface area contributed by atoms with Gasteiger partial charge in [0.25, 0.3) is 0 Å². The van der Waals surface area contributed by atoms with Crippen LogP contribution in [-0.4, -0.2) is 31.3 Å². The number of rotatable bonds is 15. The molecule has 0 atom stereocenters. The number of methoxy groups -OCH3 is 1. The molecular formula is C27H34O6. The van der Waals surface area contributed by atoms with Gasteiger partial charge in [0.15, 0.2) is 0 Å². The highest BCUT2D eigenvalue weighted by atomic mass is 16.5. The van der Waals surface area contributed by atoms with Crippen molar-refractivity contribution in [2.45, 2.75) is 58.8 Å². The molecule has 2 rings (SSSR count). The van der Waals surface area contributed by atoms with Gasteiger partial charge in [-0.15, -0.1) is 0 Å². The van der Waals surface area contributed by atoms with Gasteiger partial charge < -0.3 is 14.2 Å². The molecule has 0 radical (unpaired) electrons. The van der Waals surface area contributed by atoms with Crippen LogP contribution in [0, 0.1) is 5.92 Å². The van der Waals surface area contributed by atoms with E-state index in [1.165, 1.54) is 0 Å². The first-order valence-corrected chi connectivity index (χ1v) is 11.6. The van der Waals surface area contributed by atoms with Gasteiger partial charge in [-0.2, -0.15) is 0 Å². The lowest BCUT2D eigenvalue weighted by molar-refractivity contribution is -0.132. The normalized spacial score (nSPS) is 10.7. The van der Waals surface area contributed by atoms with Crippen molar-refractivity contribution in [3.05, 3.63) is 54.1 Å². The SMILES string of the molecule is CCC(=O)C(CCCCCCOc1ccc(OC(=O)c2ccc(OC)cc2)cc1)C(=O)CC. The third kappa shape index (κ3) is 8.72. The van der Waals surface area contributed by atoms with Crippen molar-refractivity contribution in [2.75, 3.05) is 13.7 Å². The van der Waals surface area contributed by atoms with Crippen LogP contribution in [0.25, 0.3) is 0 Å². The van der Waals surface area contributed by atoms with Crippen LogP contribution in [0.4, 0.5) is 0 Å². The number of carbonyl (C=O) groups excluding carboxylic acids is 3. The van der Waals surface area contributed by atoms with E-state index in [0.717, 1.165) is 25.7 Å². The average Bonchev–Trinajstić information content (AvgIpc) is 2.85. The van der Waals surface area contributed by atoms with Crippen molar-refractivity contribution in [1.82, 2.24) is 0 Å². The Morgan fingerprint density at radius 2 is 1.27 bits per heavy atom. The van der Waals surface area contributed by atoms with Crippen LogP contribution in [-0.2, 0) is 9.59 Å². The number of ketones is 2. The van der Waals surface area contributed by atoms with Crippen molar-refractivity contribution in [3.63, 3.8) is 0 Å². The van der Waals surface area contributed by atoms with Gasteiger partial charge in [0.2, 0.25) is 0 Å². The Bertz CT molecular complexity index is 870. The molecule has 33 heavy (non-hydrogen) atoms. The van der Waals surface area contributed by atoms with Gasteiger partial charge in [0.05, 0.1) is 25.2 Å². The molecule has 2 aromatic rings. The second-order valence-corrected chi connectivity index (χ2v) is 7.83. The van der Waals surface area contributed by atoms with Crippen LogP contribution in [0.15, 0.2) is 48.5 Å². The lowest BCUT2D eigenvalue weighted by Crippen LogP contribution is -2.22. The minimum absolute atomic E-state index is 0.0586. The van der Waals surface area contributed by atoms with Crippen LogP contribution in [0.3, 0.4) is 0 Å². The van der Waals surface area contributed by atoms with E-state index in [1.807, 2.05) is 13.8 Å². The molecule has 0 aliphatic carbocycles. The van der Waals surface area contributed by atoms with E-state index >= 15 is 0 Å². The molecule has 0 bridgehead atoms. The molecule has 0 heterocycles. The first kappa shape index (κ1) is 26.1. The quantitative estimate of drug-likeness (QED) is 0.146. The van der Waals surface area contributed by atoms with Gasteiger partial charge in [-0.05, 0) is 61.4 Å². The Labute approximate surface area is 196 Å². The van der Waals surface area contributed by atoms with E-state index < -0.39 is 11.9 Å². The average molecular weight is 455 g/mol. The van der Waals surface area contributed by atoms with Crippen molar-refractivity contribution in [2.24, 2.45) is 5.92 Å². The Balaban J connectivity index is 1.66. The molecule has 0 aliphatic rings. The largest absolute Gasteiger partial charge is 0.497 e. The molecule has 2 aromatic carbocycles. The topological polar surface area (TPSA) is 78.9 Å². The lowest BCUT2D eigenvalue weighted by Gasteiger charge is -2.13. The van der Waals surface area contributed by atoms with Crippen LogP contribution < -0.4 is 14.2 Å². The molecule has 0 amide bonds. The van der Waals surface area contributed by atoms with Crippen LogP contribution in [0.5, 0.6) is 17.2 Å². The summed E-state index contributed by atoms with van der Waals surface area (Å²) in [4.78, 5) is 36.1. The number of benzene rings is 2. The van der Waals surface area contributed by atoms with E-state index in [0.29, 0.717) is 48.7 Å². The zero-order valence-corrected chi connectivity index (χ0v) is 19.8. The molecule has 6 heteroatoms. The number of Topliss-reactive ketones (excluding diaryl/α,β-unsaturated/α-hetero) is 2. The number of ether oxygens (including phenoxy) is 3. The molecule has 0 aromatic heterocycles. The standard InChI is InChI=1S/C27H34O6/c1-4-25(28)24(26(29)5-2)10-8-6-7-9-19-32-22-15-17-23(18-16-22)33-27(30)20-11-13-21(31-3)14-12-20/h11-18,24H,4-10,19H2,1-3H3. The monoisotopic (exact) mass is 454 g/mol. The van der Waals surface area contributed by atoms with Gasteiger partial charge in [0.1, 0.15) is 28.8 Å². The van der Waals surface area contributed by atoms with Crippen molar-refractivity contribution in [3.8, 4) is 17.2 Å². The van der Waals surface area contributed by atoms with Gasteiger partial charge >= 0.3 is 5.97 Å². The second kappa shape index (κ2) is 14.1. The second-order valence-electron chi connectivity index (χ2n) is 7.83. The van der Waals surface area contributed by atoms with Crippen molar-refractivity contribution >= 4 is 17.5 Å². The van der Waals surface area contributed by atoms with Crippen molar-refractivity contribution < 1.29 is 28.6 Å². The van der Waals surface area contributed by atoms with E-state index in [4.69, 9.17) is 14.2 Å². The maximum atomic E-state index is 12.2. The van der Waals surface area contributed by atoms with E-state index in [9.17, 15) is 14.4 Å². The molecule has 0 aliphatic heterocycles. The highest BCUT2D eigenvalue weighted by molar-refractivity contribution is 6.02. The molecule has 0 unspecified atom stereocenters. The van der Waals surface area contributed by atoms with Gasteiger partial charge in [-0.1, -0.05) is 33.1 Å². The molecule has 0 fully saturated rings. The van der Waals surface area contributed by atoms with E-state index in [1.54, 1.807) is 55.6 Å². The predicted molar refractivity (Wildman–Crippen MR) is 127 cm³/mol. The minimum atomic E-state index is -0.435. The zero-order chi connectivity index (χ0) is 24.1. The smallest absolute Gasteiger partial charge is 0.343 e. The molecule has 0 saturated carbocycles. The van der Waals surface area contributed by atoms with Crippen LogP contribution >= 0.6 is 0 Å². The number of carbonyl (C=O) groups is 3. The lowest BCUT2D eigenvalue weighted by atomic mass is 9.90. The molecule has 6 nitrogen and oxygen atoms in total. The fourth-order valence-corrected chi connectivity index (χ4v) is 3.49. The summed E-state index contributed by atoms with van der Waals surface area (Å²) in [6.07, 6.45) is 5.20. The highest BCUT2D eigenvalue weighted by Crippen LogP contribution is 2.20. The molecular weight excluding hydrogens is 420 g/mol. The Morgan fingerprint density at radius 3 is 1.85 bits per heavy atom. The molecule has 178 valence electrons. The maximum Gasteiger partial charge on any atom is 0.343 e. The summed E-state index contributed by atoms with van der Waals surface area (Å²) in [5, 5.41) is 0. The zero-order valence-electron chi connectivity index (χ0n) is 19.8. The van der Waals surface area contributed by atoms with E-state index in [2.05, 4.69) is 0 Å². The third-order valence-corrected chi connectivity index (χ3v) is 5.49. The van der Waals surface area contributed by atoms with Crippen LogP contribution in [0.2, 0.25) is 0 Å². The summed E-state index contributed by atoms with van der Waals surface area (Å²) in [5.41, 5.74) is 0.445. The molecule has 0 saturated heterocycles.